The van der Waals surface area contributed by atoms with Crippen molar-refractivity contribution in [2.45, 2.75) is 13.1 Å². The molecule has 26 heavy (non-hydrogen) atoms. The third-order valence-corrected chi connectivity index (χ3v) is 7.51. The van der Waals surface area contributed by atoms with E-state index in [1.807, 2.05) is 24.3 Å². The number of nitrogens with zero attached hydrogens (tertiary/aromatic N) is 6. The molecule has 0 atom stereocenters. The second-order valence-corrected chi connectivity index (χ2v) is 10.5. The summed E-state index contributed by atoms with van der Waals surface area (Å²) in [7, 11) is -1.98. The maximum atomic E-state index is 4.19. The summed E-state index contributed by atoms with van der Waals surface area (Å²) in [5.41, 5.74) is 1.78. The van der Waals surface area contributed by atoms with E-state index in [1.165, 1.54) is 23.0 Å². The number of benzene rings is 2. The molecule has 132 valence electrons. The molecule has 4 aromatic rings. The Kier molecular flexibility index (Phi) is 5.29. The average Bonchev–Trinajstić information content (AvgIpc) is 3.36. The molecule has 8 heteroatoms. The molecule has 0 aliphatic rings. The quantitative estimate of drug-likeness (QED) is 0.290. The minimum atomic E-state index is -1.98. The fraction of sp³-hybridized carbons (Fsp3) is 0.111. The first-order valence-corrected chi connectivity index (χ1v) is 10.9. The van der Waals surface area contributed by atoms with Gasteiger partial charge in [0.2, 0.25) is 0 Å². The third-order valence-electron chi connectivity index (χ3n) is 4.24. The fourth-order valence-electron chi connectivity index (χ4n) is 2.72. The van der Waals surface area contributed by atoms with Crippen LogP contribution in [0.5, 0.6) is 0 Å². The molecule has 2 aromatic heterocycles. The van der Waals surface area contributed by atoms with Gasteiger partial charge in [-0.2, -0.15) is 57.0 Å². The Balaban J connectivity index is 0.00000196. The summed E-state index contributed by atoms with van der Waals surface area (Å²) >= 11 is 0. The Labute approximate surface area is 167 Å². The predicted molar refractivity (Wildman–Crippen MR) is 97.1 cm³/mol. The van der Waals surface area contributed by atoms with Crippen molar-refractivity contribution in [3.8, 4) is 11.4 Å². The molecule has 4 rings (SSSR count). The van der Waals surface area contributed by atoms with E-state index in [2.05, 4.69) is 57.5 Å². The Hall–Kier alpha value is -2.37. The molecule has 0 bridgehead atoms. The van der Waals surface area contributed by atoms with Crippen LogP contribution in [0.3, 0.4) is 0 Å². The van der Waals surface area contributed by atoms with Crippen LogP contribution in [0.2, 0.25) is 13.1 Å². The van der Waals surface area contributed by atoms with E-state index in [-0.39, 0.29) is 21.1 Å². The van der Waals surface area contributed by atoms with Crippen molar-refractivity contribution in [3.05, 3.63) is 73.8 Å². The molecule has 2 heterocycles. The molecular weight excluding hydrogens is 523 g/mol. The molecule has 0 unspecified atom stereocenters. The summed E-state index contributed by atoms with van der Waals surface area (Å²) in [6.07, 6.45) is 6.42. The molecule has 0 aliphatic heterocycles. The zero-order chi connectivity index (χ0) is 17.3. The molecule has 0 amide bonds. The first kappa shape index (κ1) is 18.4. The van der Waals surface area contributed by atoms with Gasteiger partial charge in [0, 0.05) is 0 Å². The Bertz CT molecular complexity index is 903. The van der Waals surface area contributed by atoms with Crippen molar-refractivity contribution in [1.29, 1.82) is 0 Å². The SMILES string of the molecule is C[Si](C)(c1[c-]c(-n2cncn2)ccc1)c1[c-]c(-n2cncn2)ccc1.[Pt+2]. The summed E-state index contributed by atoms with van der Waals surface area (Å²) in [6.45, 7) is 4.59. The van der Waals surface area contributed by atoms with E-state index in [0.717, 1.165) is 11.4 Å². The molecule has 0 spiro atoms. The standard InChI is InChI=1S/C18H16N6Si.Pt/c1-25(2,17-7-3-5-15(9-17)23-13-19-11-21-23)18-8-4-6-16(10-18)24-14-20-12-22-24;/h3-8,11-14H,1-2H3;/q-2;+2. The maximum Gasteiger partial charge on any atom is 2.00 e. The topological polar surface area (TPSA) is 61.4 Å². The van der Waals surface area contributed by atoms with Gasteiger partial charge in [0.05, 0.1) is 8.07 Å². The van der Waals surface area contributed by atoms with Crippen LogP contribution in [-0.4, -0.2) is 37.6 Å². The number of rotatable bonds is 4. The van der Waals surface area contributed by atoms with Gasteiger partial charge in [-0.15, -0.1) is 12.1 Å². The van der Waals surface area contributed by atoms with E-state index in [1.54, 1.807) is 22.0 Å². The molecule has 0 saturated heterocycles. The van der Waals surface area contributed by atoms with Crippen LogP contribution in [0.15, 0.2) is 61.7 Å². The van der Waals surface area contributed by atoms with Crippen LogP contribution < -0.4 is 10.4 Å². The minimum absolute atomic E-state index is 0. The Morgan fingerprint density at radius 2 is 1.23 bits per heavy atom. The van der Waals surface area contributed by atoms with Crippen molar-refractivity contribution in [3.63, 3.8) is 0 Å². The summed E-state index contributed by atoms with van der Waals surface area (Å²) in [4.78, 5) is 8.02. The molecular formula is C18H16N6PtSi. The first-order valence-electron chi connectivity index (χ1n) is 7.90. The van der Waals surface area contributed by atoms with E-state index < -0.39 is 8.07 Å². The van der Waals surface area contributed by atoms with E-state index in [4.69, 9.17) is 0 Å². The van der Waals surface area contributed by atoms with Crippen LogP contribution in [0, 0.1) is 12.1 Å². The number of hydrogen-bond donors (Lipinski definition) is 0. The number of aromatic nitrogens is 6. The number of hydrogen-bond acceptors (Lipinski definition) is 4. The van der Waals surface area contributed by atoms with Gasteiger partial charge >= 0.3 is 21.1 Å². The first-order chi connectivity index (χ1) is 12.1. The summed E-state index contributed by atoms with van der Waals surface area (Å²) < 4.78 is 3.45. The summed E-state index contributed by atoms with van der Waals surface area (Å²) in [5, 5.41) is 10.8. The second kappa shape index (κ2) is 7.47. The Morgan fingerprint density at radius 1 is 0.769 bits per heavy atom. The Morgan fingerprint density at radius 3 is 1.62 bits per heavy atom. The largest absolute Gasteiger partial charge is 2.00 e. The van der Waals surface area contributed by atoms with E-state index in [0.29, 0.717) is 0 Å². The van der Waals surface area contributed by atoms with Crippen LogP contribution in [0.1, 0.15) is 0 Å². The molecule has 2 aromatic carbocycles. The van der Waals surface area contributed by atoms with E-state index in [9.17, 15) is 0 Å². The van der Waals surface area contributed by atoms with Gasteiger partial charge in [-0.25, -0.2) is 19.3 Å². The average molecular weight is 540 g/mol. The third kappa shape index (κ3) is 3.45. The monoisotopic (exact) mass is 539 g/mol. The van der Waals surface area contributed by atoms with Crippen molar-refractivity contribution in [2.24, 2.45) is 0 Å². The van der Waals surface area contributed by atoms with Crippen LogP contribution in [0.25, 0.3) is 11.4 Å². The normalized spacial score (nSPS) is 11.2. The van der Waals surface area contributed by atoms with Gasteiger partial charge in [0.15, 0.2) is 0 Å². The van der Waals surface area contributed by atoms with Crippen molar-refractivity contribution in [1.82, 2.24) is 29.5 Å². The van der Waals surface area contributed by atoms with E-state index >= 15 is 0 Å². The van der Waals surface area contributed by atoms with Crippen LogP contribution in [-0.2, 0) is 21.1 Å². The smallest absolute Gasteiger partial charge is 0.246 e. The van der Waals surface area contributed by atoms with Crippen molar-refractivity contribution >= 4 is 18.4 Å². The molecule has 0 aliphatic carbocycles. The summed E-state index contributed by atoms with van der Waals surface area (Å²) in [6, 6.07) is 19.3. The van der Waals surface area contributed by atoms with Crippen LogP contribution in [0.4, 0.5) is 0 Å². The van der Waals surface area contributed by atoms with Crippen molar-refractivity contribution in [2.75, 3.05) is 0 Å². The van der Waals surface area contributed by atoms with Gasteiger partial charge in [0.1, 0.15) is 25.3 Å². The van der Waals surface area contributed by atoms with Gasteiger partial charge in [-0.1, -0.05) is 13.1 Å². The van der Waals surface area contributed by atoms with Gasteiger partial charge in [-0.05, 0) is 11.4 Å². The molecule has 0 saturated carbocycles. The maximum absolute atomic E-state index is 4.19. The second-order valence-electron chi connectivity index (χ2n) is 6.20. The molecule has 0 radical (unpaired) electrons. The van der Waals surface area contributed by atoms with Crippen molar-refractivity contribution < 1.29 is 21.1 Å². The molecule has 0 fully saturated rings. The minimum Gasteiger partial charge on any atom is -0.246 e. The van der Waals surface area contributed by atoms with Gasteiger partial charge < -0.3 is 0 Å². The fourth-order valence-corrected chi connectivity index (χ4v) is 4.92. The summed E-state index contributed by atoms with van der Waals surface area (Å²) in [5.74, 6) is 0. The zero-order valence-corrected chi connectivity index (χ0v) is 17.5. The van der Waals surface area contributed by atoms with Gasteiger partial charge in [-0.3, -0.25) is 0 Å². The molecule has 6 nitrogen and oxygen atoms in total. The van der Waals surface area contributed by atoms with Crippen LogP contribution >= 0.6 is 0 Å². The molecule has 0 N–H and O–H groups in total. The predicted octanol–water partition coefficient (Wildman–Crippen LogP) is 1.27. The zero-order valence-electron chi connectivity index (χ0n) is 14.3. The van der Waals surface area contributed by atoms with Gasteiger partial charge in [0.25, 0.3) is 0 Å².